The number of anilines is 1. The molecule has 11 nitrogen and oxygen atoms in total. The van der Waals surface area contributed by atoms with Crippen LogP contribution in [0.2, 0.25) is 5.02 Å². The van der Waals surface area contributed by atoms with Gasteiger partial charge in [0.25, 0.3) is 5.91 Å². The average molecular weight is 682 g/mol. The van der Waals surface area contributed by atoms with E-state index in [4.69, 9.17) is 16.3 Å². The summed E-state index contributed by atoms with van der Waals surface area (Å²) in [7, 11) is 1.64. The minimum atomic E-state index is -0.315. The lowest BCUT2D eigenvalue weighted by atomic mass is 9.97. The molecular weight excluding hydrogens is 642 g/mol. The van der Waals surface area contributed by atoms with E-state index in [0.29, 0.717) is 66.9 Å². The van der Waals surface area contributed by atoms with Crippen molar-refractivity contribution in [1.82, 2.24) is 31.2 Å². The number of methoxy groups -OCH3 is 1. The van der Waals surface area contributed by atoms with Gasteiger partial charge in [-0.05, 0) is 60.7 Å². The van der Waals surface area contributed by atoms with Gasteiger partial charge in [0, 0.05) is 85.9 Å². The van der Waals surface area contributed by atoms with Gasteiger partial charge < -0.3 is 31.3 Å². The first-order valence-electron chi connectivity index (χ1n) is 16.5. The zero-order valence-corrected chi connectivity index (χ0v) is 28.3. The zero-order valence-electron chi connectivity index (χ0n) is 27.6. The first-order chi connectivity index (χ1) is 23.8. The Labute approximate surface area is 290 Å². The van der Waals surface area contributed by atoms with Gasteiger partial charge in [-0.1, -0.05) is 41.9 Å². The third-order valence-corrected chi connectivity index (χ3v) is 9.36. The third kappa shape index (κ3) is 8.25. The fourth-order valence-corrected chi connectivity index (χ4v) is 6.56. The number of amides is 3. The third-order valence-electron chi connectivity index (χ3n) is 8.98. The second-order valence-corrected chi connectivity index (χ2v) is 12.8. The van der Waals surface area contributed by atoms with Crippen LogP contribution in [0.4, 0.5) is 5.69 Å². The van der Waals surface area contributed by atoms with Gasteiger partial charge in [-0.3, -0.25) is 24.4 Å². The van der Waals surface area contributed by atoms with Crippen molar-refractivity contribution >= 4 is 35.0 Å². The van der Waals surface area contributed by atoms with E-state index in [-0.39, 0.29) is 29.8 Å². The van der Waals surface area contributed by atoms with Crippen LogP contribution in [0, 0.1) is 6.92 Å². The summed E-state index contributed by atoms with van der Waals surface area (Å²) in [4.78, 5) is 45.1. The Kier molecular flexibility index (Phi) is 10.8. The number of nitrogens with zero attached hydrogens (tertiary/aromatic N) is 2. The highest BCUT2D eigenvalue weighted by Gasteiger charge is 2.22. The van der Waals surface area contributed by atoms with Crippen LogP contribution in [0.5, 0.6) is 5.75 Å². The van der Waals surface area contributed by atoms with E-state index in [2.05, 4.69) is 36.6 Å². The number of hydrogen-bond donors (Lipinski definition) is 5. The second-order valence-electron chi connectivity index (χ2n) is 12.4. The maximum Gasteiger partial charge on any atom is 0.274 e. The molecular formula is C37H40ClN7O4. The SMILES string of the molecule is COc1cc(-c2nccc(-c3cccc(NC(=O)c4ccc(CNC[C@H]5CCC(=O)N5)cn4)c3C)c2Cl)ccc1CNC[C@H]1CCC(=O)N1. The predicted octanol–water partition coefficient (Wildman–Crippen LogP) is 4.77. The summed E-state index contributed by atoms with van der Waals surface area (Å²) in [5.74, 6) is 0.592. The standard InChI is InChI=1S/C37H40ClN7O4/c1-22-28(4-3-5-30(22)45-37(48)31-11-6-23(18-42-31)17-39-20-26-9-12-33(46)43-26)29-14-15-41-36(35(29)38)24-7-8-25(32(16-24)49-2)19-40-21-27-10-13-34(47)44-27/h3-8,11,14-16,18,26-27,39-40H,9-10,12-13,17,19-21H2,1-2H3,(H,43,46)(H,44,47)(H,45,48)/t26-,27-/m1/s1. The van der Waals surface area contributed by atoms with Crippen molar-refractivity contribution in [3.8, 4) is 28.1 Å². The summed E-state index contributed by atoms with van der Waals surface area (Å²) in [5.41, 5.74) is 6.82. The van der Waals surface area contributed by atoms with E-state index in [1.807, 2.05) is 55.5 Å². The molecule has 49 heavy (non-hydrogen) atoms. The predicted molar refractivity (Wildman–Crippen MR) is 189 cm³/mol. The molecule has 254 valence electrons. The summed E-state index contributed by atoms with van der Waals surface area (Å²) in [6.45, 7) is 4.50. The number of hydrogen-bond acceptors (Lipinski definition) is 8. The highest BCUT2D eigenvalue weighted by Crippen LogP contribution is 2.39. The van der Waals surface area contributed by atoms with E-state index in [1.54, 1.807) is 25.6 Å². The van der Waals surface area contributed by atoms with Gasteiger partial charge in [0.1, 0.15) is 11.4 Å². The minimum Gasteiger partial charge on any atom is -0.496 e. The molecule has 0 aliphatic carbocycles. The van der Waals surface area contributed by atoms with E-state index in [1.165, 1.54) is 0 Å². The molecule has 0 radical (unpaired) electrons. The van der Waals surface area contributed by atoms with Gasteiger partial charge in [0.2, 0.25) is 11.8 Å². The van der Waals surface area contributed by atoms with Crippen molar-refractivity contribution in [2.45, 2.75) is 57.8 Å². The van der Waals surface area contributed by atoms with E-state index in [9.17, 15) is 14.4 Å². The minimum absolute atomic E-state index is 0.0965. The molecule has 4 aromatic rings. The van der Waals surface area contributed by atoms with Crippen molar-refractivity contribution in [3.05, 3.63) is 94.4 Å². The molecule has 12 heteroatoms. The van der Waals surface area contributed by atoms with Gasteiger partial charge >= 0.3 is 0 Å². The summed E-state index contributed by atoms with van der Waals surface area (Å²) >= 11 is 7.03. The number of rotatable bonds is 13. The Morgan fingerprint density at radius 1 is 0.918 bits per heavy atom. The number of aromatic nitrogens is 2. The van der Waals surface area contributed by atoms with Crippen molar-refractivity contribution in [1.29, 1.82) is 0 Å². The number of nitrogens with one attached hydrogen (secondary N) is 5. The molecule has 2 aliphatic rings. The first kappa shape index (κ1) is 34.0. The molecule has 5 N–H and O–H groups in total. The van der Waals surface area contributed by atoms with Gasteiger partial charge in [-0.25, -0.2) is 0 Å². The van der Waals surface area contributed by atoms with Crippen molar-refractivity contribution < 1.29 is 19.1 Å². The van der Waals surface area contributed by atoms with Crippen molar-refractivity contribution in [2.24, 2.45) is 0 Å². The van der Waals surface area contributed by atoms with E-state index in [0.717, 1.165) is 46.2 Å². The van der Waals surface area contributed by atoms with Crippen LogP contribution in [0.15, 0.2) is 67.0 Å². The van der Waals surface area contributed by atoms with Gasteiger partial charge in [0.15, 0.2) is 0 Å². The average Bonchev–Trinajstić information content (AvgIpc) is 3.73. The fourth-order valence-electron chi connectivity index (χ4n) is 6.24. The topological polar surface area (TPSA) is 146 Å². The van der Waals surface area contributed by atoms with Gasteiger partial charge in [0.05, 0.1) is 17.8 Å². The van der Waals surface area contributed by atoms with Crippen molar-refractivity contribution in [2.75, 3.05) is 25.5 Å². The molecule has 2 aromatic heterocycles. The second kappa shape index (κ2) is 15.6. The Morgan fingerprint density at radius 2 is 1.65 bits per heavy atom. The van der Waals surface area contributed by atoms with Crippen LogP contribution in [0.3, 0.4) is 0 Å². The van der Waals surface area contributed by atoms with Crippen LogP contribution in [0.25, 0.3) is 22.4 Å². The lowest BCUT2D eigenvalue weighted by Gasteiger charge is -2.16. The number of carbonyl (C=O) groups is 3. The molecule has 2 atom stereocenters. The molecule has 4 heterocycles. The molecule has 2 fully saturated rings. The van der Waals surface area contributed by atoms with Crippen LogP contribution >= 0.6 is 11.6 Å². The largest absolute Gasteiger partial charge is 0.496 e. The molecule has 0 saturated carbocycles. The van der Waals surface area contributed by atoms with Gasteiger partial charge in [-0.15, -0.1) is 0 Å². The molecule has 0 unspecified atom stereocenters. The first-order valence-corrected chi connectivity index (χ1v) is 16.8. The number of benzene rings is 2. The number of pyridine rings is 2. The fraction of sp³-hybridized carbons (Fsp3) is 0.324. The van der Waals surface area contributed by atoms with E-state index < -0.39 is 0 Å². The Balaban J connectivity index is 1.12. The van der Waals surface area contributed by atoms with Gasteiger partial charge in [-0.2, -0.15) is 0 Å². The summed E-state index contributed by atoms with van der Waals surface area (Å²) in [6.07, 6.45) is 6.24. The monoisotopic (exact) mass is 681 g/mol. The molecule has 2 aromatic carbocycles. The highest BCUT2D eigenvalue weighted by molar-refractivity contribution is 6.35. The maximum absolute atomic E-state index is 13.2. The highest BCUT2D eigenvalue weighted by atomic mass is 35.5. The van der Waals surface area contributed by atoms with Crippen LogP contribution in [-0.2, 0) is 22.7 Å². The Bertz CT molecular complexity index is 1850. The quantitative estimate of drug-likeness (QED) is 0.136. The molecule has 2 saturated heterocycles. The maximum atomic E-state index is 13.2. The molecule has 6 rings (SSSR count). The molecule has 3 amide bonds. The summed E-state index contributed by atoms with van der Waals surface area (Å²) in [5, 5.41) is 16.2. The number of ether oxygens (including phenoxy) is 1. The molecule has 2 aliphatic heterocycles. The number of carbonyl (C=O) groups excluding carboxylic acids is 3. The van der Waals surface area contributed by atoms with Crippen LogP contribution in [-0.4, -0.2) is 60.0 Å². The van der Waals surface area contributed by atoms with Crippen LogP contribution < -0.4 is 31.3 Å². The number of halogens is 1. The molecule has 0 spiro atoms. The van der Waals surface area contributed by atoms with E-state index >= 15 is 0 Å². The zero-order chi connectivity index (χ0) is 34.3. The Morgan fingerprint density at radius 3 is 2.31 bits per heavy atom. The van der Waals surface area contributed by atoms with Crippen molar-refractivity contribution in [3.63, 3.8) is 0 Å². The molecule has 0 bridgehead atoms. The van der Waals surface area contributed by atoms with Crippen LogP contribution in [0.1, 0.15) is 52.9 Å². The smallest absolute Gasteiger partial charge is 0.274 e. The summed E-state index contributed by atoms with van der Waals surface area (Å²) in [6, 6.07) is 17.3. The summed E-state index contributed by atoms with van der Waals surface area (Å²) < 4.78 is 5.71. The normalized spacial score (nSPS) is 17.1. The lowest BCUT2D eigenvalue weighted by Crippen LogP contribution is -2.35. The Hall–Kier alpha value is -4.84. The lowest BCUT2D eigenvalue weighted by molar-refractivity contribution is -0.120.